The van der Waals surface area contributed by atoms with Crippen LogP contribution in [0.1, 0.15) is 5.82 Å². The van der Waals surface area contributed by atoms with E-state index in [1.165, 1.54) is 30.3 Å². The van der Waals surface area contributed by atoms with Gasteiger partial charge >= 0.3 is 6.18 Å². The molecule has 0 bridgehead atoms. The third kappa shape index (κ3) is 5.46. The minimum atomic E-state index is -4.83. The minimum absolute atomic E-state index is 0. The smallest absolute Gasteiger partial charge is 0.353 e. The highest BCUT2D eigenvalue weighted by atomic mass is 35.5. The van der Waals surface area contributed by atoms with Crippen LogP contribution >= 0.6 is 12.4 Å². The first-order valence-electron chi connectivity index (χ1n) is 9.88. The first-order chi connectivity index (χ1) is 15.5. The lowest BCUT2D eigenvalue weighted by molar-refractivity contribution is -0.144. The van der Waals surface area contributed by atoms with Crippen LogP contribution in [0.2, 0.25) is 0 Å². The van der Waals surface area contributed by atoms with Crippen molar-refractivity contribution in [1.29, 1.82) is 0 Å². The fraction of sp³-hybridized carbons (Fsp3) is 0.238. The predicted octanol–water partition coefficient (Wildman–Crippen LogP) is 3.45. The van der Waals surface area contributed by atoms with Gasteiger partial charge in [-0.3, -0.25) is 0 Å². The molecular weight excluding hydrogens is 498 g/mol. The van der Waals surface area contributed by atoms with Gasteiger partial charge in [0.05, 0.1) is 16.2 Å². The lowest BCUT2D eigenvalue weighted by Gasteiger charge is -2.31. The van der Waals surface area contributed by atoms with E-state index in [1.54, 1.807) is 11.0 Å². The van der Waals surface area contributed by atoms with Gasteiger partial charge in [0.2, 0.25) is 15.8 Å². The molecule has 0 radical (unpaired) electrons. The Morgan fingerprint density at radius 2 is 1.62 bits per heavy atom. The Labute approximate surface area is 199 Å². The standard InChI is InChI=1S/C21H19F4N5O2S.ClH/c22-15-6-4-13(5-7-15)18-17(14-2-1-3-16(12-14)33(26,31)32)19(30-10-8-27-9-11-30)29-20(28-18)21(23,24)25;/h1-7,12,27H,8-11H2,(H2,26,31,32);1H. The summed E-state index contributed by atoms with van der Waals surface area (Å²) in [4.78, 5) is 9.10. The van der Waals surface area contributed by atoms with Crippen molar-refractivity contribution in [2.45, 2.75) is 11.1 Å². The summed E-state index contributed by atoms with van der Waals surface area (Å²) in [5.74, 6) is -1.91. The van der Waals surface area contributed by atoms with Crippen molar-refractivity contribution >= 4 is 28.2 Å². The van der Waals surface area contributed by atoms with E-state index >= 15 is 0 Å². The summed E-state index contributed by atoms with van der Waals surface area (Å²) in [6, 6.07) is 10.4. The Hall–Kier alpha value is -2.80. The van der Waals surface area contributed by atoms with E-state index in [1.807, 2.05) is 0 Å². The highest BCUT2D eigenvalue weighted by molar-refractivity contribution is 7.89. The van der Waals surface area contributed by atoms with E-state index in [4.69, 9.17) is 5.14 Å². The molecule has 1 aliphatic heterocycles. The fourth-order valence-electron chi connectivity index (χ4n) is 3.59. The molecule has 1 saturated heterocycles. The number of nitrogens with one attached hydrogen (secondary N) is 1. The molecule has 0 atom stereocenters. The van der Waals surface area contributed by atoms with E-state index < -0.39 is 27.8 Å². The van der Waals surface area contributed by atoms with Gasteiger partial charge in [-0.1, -0.05) is 12.1 Å². The van der Waals surface area contributed by atoms with Crippen LogP contribution in [0.4, 0.5) is 23.4 Å². The van der Waals surface area contributed by atoms with Gasteiger partial charge in [-0.25, -0.2) is 27.9 Å². The second-order valence-corrected chi connectivity index (χ2v) is 8.97. The van der Waals surface area contributed by atoms with Gasteiger partial charge < -0.3 is 10.2 Å². The molecule has 7 nitrogen and oxygen atoms in total. The molecule has 2 heterocycles. The average Bonchev–Trinajstić information content (AvgIpc) is 2.78. The Morgan fingerprint density at radius 3 is 2.21 bits per heavy atom. The number of sulfonamides is 1. The van der Waals surface area contributed by atoms with Crippen LogP contribution in [0.15, 0.2) is 53.4 Å². The highest BCUT2D eigenvalue weighted by Crippen LogP contribution is 2.41. The molecule has 0 unspecified atom stereocenters. The zero-order valence-corrected chi connectivity index (χ0v) is 19.1. The maximum atomic E-state index is 13.7. The van der Waals surface area contributed by atoms with Crippen LogP contribution in [0.3, 0.4) is 0 Å². The molecule has 2 aromatic carbocycles. The largest absolute Gasteiger partial charge is 0.451 e. The zero-order chi connectivity index (χ0) is 23.8. The number of rotatable bonds is 4. The summed E-state index contributed by atoms with van der Waals surface area (Å²) in [5, 5.41) is 8.39. The van der Waals surface area contributed by atoms with Crippen molar-refractivity contribution in [2.24, 2.45) is 5.14 Å². The number of benzene rings is 2. The number of anilines is 1. The maximum absolute atomic E-state index is 13.7. The zero-order valence-electron chi connectivity index (χ0n) is 17.5. The number of hydrogen-bond acceptors (Lipinski definition) is 6. The van der Waals surface area contributed by atoms with Crippen LogP contribution in [-0.4, -0.2) is 44.6 Å². The van der Waals surface area contributed by atoms with Crippen molar-refractivity contribution in [2.75, 3.05) is 31.1 Å². The number of hydrogen-bond donors (Lipinski definition) is 2. The molecule has 1 aromatic heterocycles. The first-order valence-corrected chi connectivity index (χ1v) is 11.4. The molecule has 34 heavy (non-hydrogen) atoms. The lowest BCUT2D eigenvalue weighted by atomic mass is 9.98. The topological polar surface area (TPSA) is 101 Å². The highest BCUT2D eigenvalue weighted by Gasteiger charge is 2.37. The maximum Gasteiger partial charge on any atom is 0.451 e. The van der Waals surface area contributed by atoms with Crippen LogP contribution < -0.4 is 15.4 Å². The molecule has 1 aliphatic rings. The van der Waals surface area contributed by atoms with Gasteiger partial charge in [0, 0.05) is 31.7 Å². The number of alkyl halides is 3. The van der Waals surface area contributed by atoms with Gasteiger partial charge in [-0.05, 0) is 42.0 Å². The van der Waals surface area contributed by atoms with Crippen LogP contribution in [0.25, 0.3) is 22.4 Å². The number of aromatic nitrogens is 2. The van der Waals surface area contributed by atoms with E-state index in [0.717, 1.165) is 12.1 Å². The van der Waals surface area contributed by atoms with Crippen molar-refractivity contribution in [3.8, 4) is 22.4 Å². The quantitative estimate of drug-likeness (QED) is 0.514. The first kappa shape index (κ1) is 25.8. The van der Waals surface area contributed by atoms with Crippen molar-refractivity contribution < 1.29 is 26.0 Å². The van der Waals surface area contributed by atoms with Gasteiger partial charge in [0.15, 0.2) is 0 Å². The lowest BCUT2D eigenvalue weighted by Crippen LogP contribution is -2.44. The van der Waals surface area contributed by atoms with E-state index in [0.29, 0.717) is 26.2 Å². The van der Waals surface area contributed by atoms with E-state index in [2.05, 4.69) is 15.3 Å². The minimum Gasteiger partial charge on any atom is -0.353 e. The normalized spacial score (nSPS) is 14.6. The third-order valence-corrected chi connectivity index (χ3v) is 6.04. The third-order valence-electron chi connectivity index (χ3n) is 5.13. The van der Waals surface area contributed by atoms with Crippen molar-refractivity contribution in [1.82, 2.24) is 15.3 Å². The monoisotopic (exact) mass is 517 g/mol. The summed E-state index contributed by atoms with van der Waals surface area (Å²) >= 11 is 0. The molecule has 0 spiro atoms. The molecule has 1 fully saturated rings. The summed E-state index contributed by atoms with van der Waals surface area (Å²) in [7, 11) is -4.08. The Kier molecular flexibility index (Phi) is 7.46. The summed E-state index contributed by atoms with van der Waals surface area (Å²) in [6.45, 7) is 1.79. The van der Waals surface area contributed by atoms with Gasteiger partial charge in [0.25, 0.3) is 0 Å². The van der Waals surface area contributed by atoms with Gasteiger partial charge in [-0.2, -0.15) is 13.2 Å². The van der Waals surface area contributed by atoms with Crippen LogP contribution in [0.5, 0.6) is 0 Å². The number of nitrogens with two attached hydrogens (primary N) is 1. The summed E-state index contributed by atoms with van der Waals surface area (Å²) in [5.41, 5.74) is 0.583. The van der Waals surface area contributed by atoms with Crippen LogP contribution in [-0.2, 0) is 16.2 Å². The molecule has 0 aliphatic carbocycles. The molecule has 182 valence electrons. The Balaban J connectivity index is 0.00000324. The summed E-state index contributed by atoms with van der Waals surface area (Å²) in [6.07, 6.45) is -4.83. The number of piperazine rings is 1. The molecule has 3 N–H and O–H groups in total. The van der Waals surface area contributed by atoms with Crippen LogP contribution in [0, 0.1) is 5.82 Å². The molecule has 0 amide bonds. The Morgan fingerprint density at radius 1 is 0.971 bits per heavy atom. The molecule has 4 rings (SSSR count). The second kappa shape index (κ2) is 9.82. The molecule has 13 heteroatoms. The SMILES string of the molecule is Cl.NS(=O)(=O)c1cccc(-c2c(-c3ccc(F)cc3)nc(C(F)(F)F)nc2N2CCNCC2)c1. The fourth-order valence-corrected chi connectivity index (χ4v) is 4.15. The molecule has 0 saturated carbocycles. The van der Waals surface area contributed by atoms with E-state index in [9.17, 15) is 26.0 Å². The van der Waals surface area contributed by atoms with E-state index in [-0.39, 0.29) is 45.5 Å². The Bertz CT molecular complexity index is 1280. The second-order valence-electron chi connectivity index (χ2n) is 7.41. The van der Waals surface area contributed by atoms with Crippen molar-refractivity contribution in [3.63, 3.8) is 0 Å². The van der Waals surface area contributed by atoms with Gasteiger partial charge in [-0.15, -0.1) is 12.4 Å². The number of halogens is 5. The average molecular weight is 518 g/mol. The molecular formula is C21H20ClF4N5O2S. The predicted molar refractivity (Wildman–Crippen MR) is 122 cm³/mol. The number of nitrogens with zero attached hydrogens (tertiary/aromatic N) is 3. The number of primary sulfonamides is 1. The van der Waals surface area contributed by atoms with Gasteiger partial charge in [0.1, 0.15) is 11.6 Å². The van der Waals surface area contributed by atoms with Crippen molar-refractivity contribution in [3.05, 3.63) is 60.2 Å². The molecule has 3 aromatic rings. The summed E-state index contributed by atoms with van der Waals surface area (Å²) < 4.78 is 78.6.